The third-order valence-electron chi connectivity index (χ3n) is 16.5. The number of imide groups is 1. The van der Waals surface area contributed by atoms with Crippen LogP contribution >= 0.6 is 11.6 Å². The smallest absolute Gasteiger partial charge is 0.384 e. The molecule has 0 aromatic heterocycles. The van der Waals surface area contributed by atoms with E-state index in [9.17, 15) is 49.2 Å². The van der Waals surface area contributed by atoms with E-state index in [0.717, 1.165) is 139 Å². The van der Waals surface area contributed by atoms with Crippen molar-refractivity contribution in [1.82, 2.24) is 29.6 Å². The number of carbonyl (C=O) groups excluding carboxylic acids is 4. The first-order valence-electron chi connectivity index (χ1n) is 28.6. The number of sulfonamides is 1. The lowest BCUT2D eigenvalue weighted by Gasteiger charge is -2.39. The van der Waals surface area contributed by atoms with Gasteiger partial charge < -0.3 is 24.9 Å². The van der Waals surface area contributed by atoms with Crippen molar-refractivity contribution in [1.29, 1.82) is 0 Å². The third-order valence-corrected chi connectivity index (χ3v) is 19.6. The number of halogens is 4. The predicted molar refractivity (Wildman–Crippen MR) is 314 cm³/mol. The van der Waals surface area contributed by atoms with E-state index in [4.69, 9.17) is 11.6 Å². The molecule has 1 aliphatic carbocycles. The fourth-order valence-corrected chi connectivity index (χ4v) is 13.9. The number of alkyl halides is 3. The number of hydrogen-bond acceptors (Lipinski definition) is 13. The summed E-state index contributed by atoms with van der Waals surface area (Å²) in [4.78, 5) is 59.3. The van der Waals surface area contributed by atoms with Gasteiger partial charge in [-0.25, -0.2) is 21.6 Å². The van der Waals surface area contributed by atoms with E-state index in [1.807, 2.05) is 22.9 Å². The molecule has 16 nitrogen and oxygen atoms in total. The molecule has 4 aromatic rings. The highest BCUT2D eigenvalue weighted by Crippen LogP contribution is 2.43. The maximum absolute atomic E-state index is 14.1. The monoisotopic (exact) mass is 1200 g/mol. The Kier molecular flexibility index (Phi) is 19.4. The fourth-order valence-electron chi connectivity index (χ4n) is 11.7. The van der Waals surface area contributed by atoms with Crippen molar-refractivity contribution in [2.24, 2.45) is 5.41 Å². The quantitative estimate of drug-likeness (QED) is 0.0434. The molecule has 4 amide bonds. The highest BCUT2D eigenvalue weighted by molar-refractivity contribution is 7.92. The van der Waals surface area contributed by atoms with E-state index in [1.54, 1.807) is 24.3 Å². The first-order valence-corrected chi connectivity index (χ1v) is 31.9. The van der Waals surface area contributed by atoms with E-state index in [2.05, 4.69) is 68.1 Å². The molecule has 3 saturated heterocycles. The Hall–Kier alpha value is -6.28. The summed E-state index contributed by atoms with van der Waals surface area (Å²) < 4.78 is 96.8. The van der Waals surface area contributed by atoms with Crippen LogP contribution in [-0.2, 0) is 36.0 Å². The summed E-state index contributed by atoms with van der Waals surface area (Å²) in [6, 6.07) is 21.6. The molecular formula is C61H72ClF3N8O8S2. The number of piperazine rings is 2. The summed E-state index contributed by atoms with van der Waals surface area (Å²) in [5.74, 6) is 4.45. The van der Waals surface area contributed by atoms with Crippen molar-refractivity contribution >= 4 is 72.0 Å². The van der Waals surface area contributed by atoms with Crippen molar-refractivity contribution in [3.05, 3.63) is 123 Å². The average Bonchev–Trinajstić information content (AvgIpc) is 3.06. The molecule has 1 unspecified atom stereocenters. The van der Waals surface area contributed by atoms with E-state index in [1.165, 1.54) is 33.7 Å². The second-order valence-corrected chi connectivity index (χ2v) is 27.0. The number of rotatable bonds is 20. The Bertz CT molecular complexity index is 3390. The van der Waals surface area contributed by atoms with Gasteiger partial charge >= 0.3 is 5.51 Å². The summed E-state index contributed by atoms with van der Waals surface area (Å²) >= 11 is 6.20. The minimum Gasteiger partial charge on any atom is -0.384 e. The van der Waals surface area contributed by atoms with Gasteiger partial charge in [-0.2, -0.15) is 13.2 Å². The molecule has 9 rings (SSSR count). The van der Waals surface area contributed by atoms with Crippen LogP contribution in [0.15, 0.2) is 100 Å². The summed E-state index contributed by atoms with van der Waals surface area (Å²) in [7, 11) is -10.9. The van der Waals surface area contributed by atoms with Gasteiger partial charge in [-0.05, 0) is 147 Å². The fraction of sp³-hybridized carbons (Fsp3) is 0.475. The number of allylic oxidation sites excluding steroid dienone is 1. The number of unbranched alkanes of at least 4 members (excludes halogenated alkanes) is 4. The number of piperidine rings is 1. The summed E-state index contributed by atoms with van der Waals surface area (Å²) in [6.45, 7) is 13.8. The van der Waals surface area contributed by atoms with Crippen LogP contribution in [0, 0.1) is 17.3 Å². The van der Waals surface area contributed by atoms with Gasteiger partial charge in [-0.3, -0.25) is 29.4 Å². The zero-order chi connectivity index (χ0) is 59.1. The zero-order valence-corrected chi connectivity index (χ0v) is 49.4. The lowest BCUT2D eigenvalue weighted by atomic mass is 9.73. The van der Waals surface area contributed by atoms with Crippen molar-refractivity contribution in [3.63, 3.8) is 0 Å². The van der Waals surface area contributed by atoms with Gasteiger partial charge in [0.2, 0.25) is 11.8 Å². The maximum Gasteiger partial charge on any atom is 0.501 e. The van der Waals surface area contributed by atoms with Gasteiger partial charge in [-0.1, -0.05) is 73.9 Å². The molecule has 83 heavy (non-hydrogen) atoms. The molecule has 0 bridgehead atoms. The predicted octanol–water partition coefficient (Wildman–Crippen LogP) is 8.72. The molecule has 0 radical (unpaired) electrons. The van der Waals surface area contributed by atoms with Crippen LogP contribution in [0.5, 0.6) is 0 Å². The van der Waals surface area contributed by atoms with Gasteiger partial charge in [0.25, 0.3) is 31.7 Å². The van der Waals surface area contributed by atoms with Gasteiger partial charge in [0.1, 0.15) is 10.9 Å². The van der Waals surface area contributed by atoms with Crippen LogP contribution < -0.4 is 20.3 Å². The Balaban J connectivity index is 0.691. The van der Waals surface area contributed by atoms with Crippen LogP contribution in [0.3, 0.4) is 0 Å². The molecule has 3 fully saturated rings. The first-order chi connectivity index (χ1) is 39.5. The van der Waals surface area contributed by atoms with E-state index in [-0.39, 0.29) is 42.3 Å². The van der Waals surface area contributed by atoms with Crippen molar-refractivity contribution in [2.75, 3.05) is 88.8 Å². The van der Waals surface area contributed by atoms with Gasteiger partial charge in [-0.15, -0.1) is 0 Å². The number of hydrogen-bond donors (Lipinski definition) is 3. The topological polar surface area (TPSA) is 189 Å². The van der Waals surface area contributed by atoms with E-state index >= 15 is 0 Å². The Morgan fingerprint density at radius 1 is 0.795 bits per heavy atom. The molecule has 4 aromatic carbocycles. The highest BCUT2D eigenvalue weighted by Gasteiger charge is 2.48. The van der Waals surface area contributed by atoms with Crippen molar-refractivity contribution in [3.8, 4) is 11.8 Å². The molecule has 3 N–H and O–H groups in total. The van der Waals surface area contributed by atoms with Crippen molar-refractivity contribution < 1.29 is 49.2 Å². The molecule has 1 atom stereocenters. The lowest BCUT2D eigenvalue weighted by Crippen LogP contribution is -2.52. The average molecular weight is 1200 g/mol. The highest BCUT2D eigenvalue weighted by atomic mass is 35.5. The lowest BCUT2D eigenvalue weighted by molar-refractivity contribution is -0.136. The van der Waals surface area contributed by atoms with Gasteiger partial charge in [0, 0.05) is 112 Å². The first kappa shape index (κ1) is 61.3. The molecule has 0 saturated carbocycles. The second kappa shape index (κ2) is 26.3. The van der Waals surface area contributed by atoms with Crippen LogP contribution in [0.4, 0.5) is 24.5 Å². The molecule has 4 aliphatic heterocycles. The van der Waals surface area contributed by atoms with Gasteiger partial charge in [0.15, 0.2) is 0 Å². The van der Waals surface area contributed by atoms with E-state index in [0.29, 0.717) is 42.5 Å². The molecule has 22 heteroatoms. The number of fused-ring (bicyclic) bond motifs is 1. The van der Waals surface area contributed by atoms with Crippen molar-refractivity contribution in [2.45, 2.75) is 112 Å². The summed E-state index contributed by atoms with van der Waals surface area (Å²) in [5.41, 5.74) is 1.06. The second-order valence-electron chi connectivity index (χ2n) is 22.9. The normalized spacial score (nSPS) is 19.3. The number of sulfone groups is 1. The van der Waals surface area contributed by atoms with Crippen LogP contribution in [0.25, 0.3) is 5.57 Å². The standard InChI is InChI=1S/C61H72ClF3N8O8S2/c1-60(2)27-26-50(44-14-18-47(62)19-15-44)46(40-60)41-71-35-37-72(38-36-71)48-20-16-45(17-21-48)57(75)68-83(80,81)49-22-23-53(55(39-49)82(78,79)61(63,64)65)66-28-10-30-70-33-31-69(32-34-70)29-8-6-4-3-5-7-11-43-12-9-13-51-52(43)42-73(59(51)77)54-24-25-56(74)67-58(54)76/h9,12-23,39,54,66H,3-6,8,10,24-38,40-42H2,1-2H3,(H,68,75)(H,67,74,76). The number of nitrogens with zero attached hydrogens (tertiary/aromatic N) is 5. The third kappa shape index (κ3) is 15.2. The number of carbonyl (C=O) groups is 4. The molecule has 444 valence electrons. The number of amides is 4. The Morgan fingerprint density at radius 2 is 1.47 bits per heavy atom. The SMILES string of the molecule is CC1(C)CCC(c2ccc(Cl)cc2)=C(CN2CCN(c3ccc(C(=O)NS(=O)(=O)c4ccc(NCCCN5CCN(CCCCCCC#Cc6cccc7c6CN(C6CCC(=O)NC6=O)C7=O)CC5)c(S(=O)(=O)C(F)(F)F)c4)cc3)CC2)C1. The summed E-state index contributed by atoms with van der Waals surface area (Å²) in [5, 5.41) is 5.82. The number of anilines is 2. The van der Waals surface area contributed by atoms with Crippen LogP contribution in [0.1, 0.15) is 122 Å². The van der Waals surface area contributed by atoms with Crippen LogP contribution in [-0.4, -0.2) is 150 Å². The minimum absolute atomic E-state index is 0.00903. The molecular weight excluding hydrogens is 1130 g/mol. The number of benzene rings is 4. The van der Waals surface area contributed by atoms with Crippen LogP contribution in [0.2, 0.25) is 5.02 Å². The zero-order valence-electron chi connectivity index (χ0n) is 47.0. The van der Waals surface area contributed by atoms with E-state index < -0.39 is 58.7 Å². The molecule has 5 aliphatic rings. The summed E-state index contributed by atoms with van der Waals surface area (Å²) in [6.07, 6.45) is 8.81. The molecule has 4 heterocycles. The van der Waals surface area contributed by atoms with Gasteiger partial charge in [0.05, 0.1) is 10.6 Å². The molecule has 0 spiro atoms. The largest absolute Gasteiger partial charge is 0.501 e. The number of nitrogens with one attached hydrogen (secondary N) is 3. The Labute approximate surface area is 490 Å². The minimum atomic E-state index is -6.02. The Morgan fingerprint density at radius 3 is 2.16 bits per heavy atom. The maximum atomic E-state index is 14.1.